The third kappa shape index (κ3) is 2.25. The second-order valence-electron chi connectivity index (χ2n) is 4.60. The van der Waals surface area contributed by atoms with Gasteiger partial charge in [0.1, 0.15) is 11.6 Å². The molecule has 0 radical (unpaired) electrons. The van der Waals surface area contributed by atoms with Crippen LogP contribution in [0.5, 0.6) is 0 Å². The molecule has 2 aromatic carbocycles. The van der Waals surface area contributed by atoms with E-state index in [0.29, 0.717) is 17.0 Å². The third-order valence-corrected chi connectivity index (χ3v) is 3.52. The Morgan fingerprint density at radius 3 is 2.71 bits per heavy atom. The number of carbonyl (C=O) groups is 1. The fourth-order valence-electron chi connectivity index (χ4n) is 2.28. The first-order valence-electron chi connectivity index (χ1n) is 6.15. The summed E-state index contributed by atoms with van der Waals surface area (Å²) in [5.74, 6) is -0.834. The molecule has 0 spiro atoms. The molecule has 0 aliphatic heterocycles. The van der Waals surface area contributed by atoms with Crippen molar-refractivity contribution in [3.8, 4) is 5.69 Å². The Morgan fingerprint density at radius 1 is 1.29 bits per heavy atom. The van der Waals surface area contributed by atoms with E-state index in [-0.39, 0.29) is 10.6 Å². The lowest BCUT2D eigenvalue weighted by molar-refractivity contribution is 0.0697. The number of imidazole rings is 1. The molecule has 3 rings (SSSR count). The Balaban J connectivity index is 2.25. The quantitative estimate of drug-likeness (QED) is 0.783. The number of aromatic carboxylic acids is 1. The molecule has 0 atom stereocenters. The normalized spacial score (nSPS) is 11.0. The first kappa shape index (κ1) is 13.6. The number of nitrogens with zero attached hydrogens (tertiary/aromatic N) is 2. The minimum Gasteiger partial charge on any atom is -0.478 e. The number of carboxylic acid groups (broad SMARTS) is 1. The van der Waals surface area contributed by atoms with E-state index in [1.807, 2.05) is 0 Å². The molecule has 3 aromatic rings. The molecule has 0 amide bonds. The standard InChI is InChI=1S/C15H10ClFN2O2/c1-8-18-13-6-9(15(20)21)2-5-14(13)19(8)10-3-4-12(17)11(16)7-10/h2-7H,1H3,(H,20,21). The van der Waals surface area contributed by atoms with Gasteiger partial charge in [0.05, 0.1) is 21.6 Å². The molecule has 0 saturated heterocycles. The van der Waals surface area contributed by atoms with Gasteiger partial charge in [-0.25, -0.2) is 14.2 Å². The Kier molecular flexibility index (Phi) is 3.14. The molecule has 6 heteroatoms. The second-order valence-corrected chi connectivity index (χ2v) is 5.01. The lowest BCUT2D eigenvalue weighted by Gasteiger charge is -2.08. The van der Waals surface area contributed by atoms with E-state index >= 15 is 0 Å². The summed E-state index contributed by atoms with van der Waals surface area (Å²) in [7, 11) is 0. The van der Waals surface area contributed by atoms with Crippen molar-refractivity contribution in [2.75, 3.05) is 0 Å². The van der Waals surface area contributed by atoms with E-state index in [1.54, 1.807) is 23.6 Å². The molecule has 1 aromatic heterocycles. The fourth-order valence-corrected chi connectivity index (χ4v) is 2.46. The van der Waals surface area contributed by atoms with Crippen molar-refractivity contribution in [3.63, 3.8) is 0 Å². The molecule has 0 aliphatic carbocycles. The number of halogens is 2. The van der Waals surface area contributed by atoms with Crippen molar-refractivity contribution in [1.82, 2.24) is 9.55 Å². The van der Waals surface area contributed by atoms with Crippen LogP contribution >= 0.6 is 11.6 Å². The summed E-state index contributed by atoms with van der Waals surface area (Å²) < 4.78 is 15.1. The first-order chi connectivity index (χ1) is 9.97. The van der Waals surface area contributed by atoms with Gasteiger partial charge in [0.2, 0.25) is 0 Å². The van der Waals surface area contributed by atoms with Crippen molar-refractivity contribution in [3.05, 3.63) is 58.6 Å². The van der Waals surface area contributed by atoms with Gasteiger partial charge in [-0.3, -0.25) is 4.57 Å². The summed E-state index contributed by atoms with van der Waals surface area (Å²) in [4.78, 5) is 15.3. The number of aryl methyl sites for hydroxylation is 1. The third-order valence-electron chi connectivity index (χ3n) is 3.23. The molecule has 106 valence electrons. The zero-order valence-corrected chi connectivity index (χ0v) is 11.7. The van der Waals surface area contributed by atoms with Crippen LogP contribution in [0.3, 0.4) is 0 Å². The SMILES string of the molecule is Cc1nc2cc(C(=O)O)ccc2n1-c1ccc(F)c(Cl)c1. The molecule has 1 heterocycles. The van der Waals surface area contributed by atoms with Crippen LogP contribution < -0.4 is 0 Å². The van der Waals surface area contributed by atoms with Gasteiger partial charge in [-0.05, 0) is 43.3 Å². The number of hydrogen-bond donors (Lipinski definition) is 1. The van der Waals surface area contributed by atoms with Crippen LogP contribution in [0.4, 0.5) is 4.39 Å². The Labute approximate surface area is 124 Å². The van der Waals surface area contributed by atoms with Crippen molar-refractivity contribution < 1.29 is 14.3 Å². The van der Waals surface area contributed by atoms with Gasteiger partial charge in [0.15, 0.2) is 0 Å². The zero-order valence-electron chi connectivity index (χ0n) is 11.0. The summed E-state index contributed by atoms with van der Waals surface area (Å²) >= 11 is 5.81. The maximum absolute atomic E-state index is 13.3. The summed E-state index contributed by atoms with van der Waals surface area (Å²) in [6, 6.07) is 9.08. The highest BCUT2D eigenvalue weighted by molar-refractivity contribution is 6.30. The van der Waals surface area contributed by atoms with Crippen LogP contribution in [0.15, 0.2) is 36.4 Å². The van der Waals surface area contributed by atoms with Gasteiger partial charge in [-0.2, -0.15) is 0 Å². The summed E-state index contributed by atoms with van der Waals surface area (Å²) in [5, 5.41) is 9.03. The topological polar surface area (TPSA) is 55.1 Å². The van der Waals surface area contributed by atoms with E-state index in [2.05, 4.69) is 4.98 Å². The van der Waals surface area contributed by atoms with Crippen molar-refractivity contribution in [1.29, 1.82) is 0 Å². The van der Waals surface area contributed by atoms with Crippen molar-refractivity contribution >= 4 is 28.6 Å². The lowest BCUT2D eigenvalue weighted by Crippen LogP contribution is -1.98. The minimum atomic E-state index is -1.01. The van der Waals surface area contributed by atoms with E-state index < -0.39 is 11.8 Å². The van der Waals surface area contributed by atoms with Gasteiger partial charge in [0.25, 0.3) is 0 Å². The monoisotopic (exact) mass is 304 g/mol. The predicted molar refractivity (Wildman–Crippen MR) is 77.7 cm³/mol. The highest BCUT2D eigenvalue weighted by Gasteiger charge is 2.13. The van der Waals surface area contributed by atoms with Crippen LogP contribution in [-0.4, -0.2) is 20.6 Å². The largest absolute Gasteiger partial charge is 0.478 e. The Hall–Kier alpha value is -2.40. The van der Waals surface area contributed by atoms with Gasteiger partial charge in [0, 0.05) is 5.69 Å². The van der Waals surface area contributed by atoms with Crippen LogP contribution in [0.25, 0.3) is 16.7 Å². The van der Waals surface area contributed by atoms with Crippen molar-refractivity contribution in [2.24, 2.45) is 0 Å². The smallest absolute Gasteiger partial charge is 0.335 e. The average Bonchev–Trinajstić information content (AvgIpc) is 2.76. The highest BCUT2D eigenvalue weighted by atomic mass is 35.5. The number of carboxylic acids is 1. The van der Waals surface area contributed by atoms with E-state index in [0.717, 1.165) is 5.52 Å². The maximum Gasteiger partial charge on any atom is 0.335 e. The number of aromatic nitrogens is 2. The number of rotatable bonds is 2. The molecule has 21 heavy (non-hydrogen) atoms. The average molecular weight is 305 g/mol. The number of benzene rings is 2. The van der Waals surface area contributed by atoms with Gasteiger partial charge in [-0.1, -0.05) is 11.6 Å². The zero-order chi connectivity index (χ0) is 15.1. The molecule has 0 aliphatic rings. The molecule has 4 nitrogen and oxygen atoms in total. The van der Waals surface area contributed by atoms with Crippen LogP contribution in [-0.2, 0) is 0 Å². The van der Waals surface area contributed by atoms with E-state index in [9.17, 15) is 9.18 Å². The highest BCUT2D eigenvalue weighted by Crippen LogP contribution is 2.25. The first-order valence-corrected chi connectivity index (χ1v) is 6.53. The van der Waals surface area contributed by atoms with Crippen LogP contribution in [0.2, 0.25) is 5.02 Å². The summed E-state index contributed by atoms with van der Waals surface area (Å²) in [6.45, 7) is 1.79. The summed E-state index contributed by atoms with van der Waals surface area (Å²) in [5.41, 5.74) is 2.14. The lowest BCUT2D eigenvalue weighted by atomic mass is 10.2. The Morgan fingerprint density at radius 2 is 2.05 bits per heavy atom. The van der Waals surface area contributed by atoms with E-state index in [4.69, 9.17) is 16.7 Å². The van der Waals surface area contributed by atoms with Crippen molar-refractivity contribution in [2.45, 2.75) is 6.92 Å². The molecular weight excluding hydrogens is 295 g/mol. The number of hydrogen-bond acceptors (Lipinski definition) is 2. The molecule has 0 fully saturated rings. The molecular formula is C15H10ClFN2O2. The maximum atomic E-state index is 13.3. The molecule has 1 N–H and O–H groups in total. The number of fused-ring (bicyclic) bond motifs is 1. The predicted octanol–water partition coefficient (Wildman–Crippen LogP) is 3.82. The van der Waals surface area contributed by atoms with Gasteiger partial charge in [-0.15, -0.1) is 0 Å². The second kappa shape index (κ2) is 4.86. The van der Waals surface area contributed by atoms with Gasteiger partial charge < -0.3 is 5.11 Å². The molecule has 0 unspecified atom stereocenters. The van der Waals surface area contributed by atoms with Crippen LogP contribution in [0.1, 0.15) is 16.2 Å². The fraction of sp³-hybridized carbons (Fsp3) is 0.0667. The molecule has 0 bridgehead atoms. The Bertz CT molecular complexity index is 873. The van der Waals surface area contributed by atoms with Gasteiger partial charge >= 0.3 is 5.97 Å². The minimum absolute atomic E-state index is 0.0240. The molecule has 0 saturated carbocycles. The van der Waals surface area contributed by atoms with Crippen LogP contribution in [0, 0.1) is 12.7 Å². The summed E-state index contributed by atoms with van der Waals surface area (Å²) in [6.07, 6.45) is 0. The van der Waals surface area contributed by atoms with E-state index in [1.165, 1.54) is 24.3 Å².